The molecule has 0 spiro atoms. The van der Waals surface area contributed by atoms with E-state index in [9.17, 15) is 4.79 Å². The molecular formula is C11H17NO. The molecule has 0 aliphatic heterocycles. The van der Waals surface area contributed by atoms with Gasteiger partial charge in [0.25, 0.3) is 0 Å². The minimum absolute atomic E-state index is 0.0487. The number of hydrogen-bond donors (Lipinski definition) is 1. The summed E-state index contributed by atoms with van der Waals surface area (Å²) in [5.41, 5.74) is 1.91. The van der Waals surface area contributed by atoms with Crippen LogP contribution in [0.25, 0.3) is 6.08 Å². The summed E-state index contributed by atoms with van der Waals surface area (Å²) in [7, 11) is 0. The van der Waals surface area contributed by atoms with Gasteiger partial charge in [0.1, 0.15) is 0 Å². The van der Waals surface area contributed by atoms with Gasteiger partial charge in [-0.2, -0.15) is 0 Å². The third kappa shape index (κ3) is 3.28. The Hall–Kier alpha value is -1.31. The molecule has 2 nitrogen and oxygen atoms in total. The van der Waals surface area contributed by atoms with E-state index in [-0.39, 0.29) is 5.56 Å². The van der Waals surface area contributed by atoms with Crippen molar-refractivity contribution in [2.24, 2.45) is 0 Å². The minimum atomic E-state index is -0.0487. The van der Waals surface area contributed by atoms with E-state index in [2.05, 4.69) is 11.6 Å². The summed E-state index contributed by atoms with van der Waals surface area (Å²) < 4.78 is 0. The molecule has 0 aliphatic rings. The van der Waals surface area contributed by atoms with Crippen molar-refractivity contribution >= 4 is 6.08 Å². The van der Waals surface area contributed by atoms with E-state index < -0.39 is 0 Å². The van der Waals surface area contributed by atoms with Crippen molar-refractivity contribution in [1.29, 1.82) is 0 Å². The lowest BCUT2D eigenvalue weighted by molar-refractivity contribution is 1.01. The third-order valence-corrected chi connectivity index (χ3v) is 1.61. The molecule has 0 bridgehead atoms. The quantitative estimate of drug-likeness (QED) is 0.743. The van der Waals surface area contributed by atoms with E-state index in [1.807, 2.05) is 20.8 Å². The predicted octanol–water partition coefficient (Wildman–Crippen LogP) is 2.61. The summed E-state index contributed by atoms with van der Waals surface area (Å²) in [6.45, 7) is 9.65. The van der Waals surface area contributed by atoms with Crippen LogP contribution in [0.1, 0.15) is 32.0 Å². The molecule has 1 aromatic heterocycles. The fourth-order valence-corrected chi connectivity index (χ4v) is 1.01. The predicted molar refractivity (Wildman–Crippen MR) is 57.9 cm³/mol. The first kappa shape index (κ1) is 11.7. The largest absolute Gasteiger partial charge is 0.326 e. The van der Waals surface area contributed by atoms with Crippen molar-refractivity contribution in [2.45, 2.75) is 27.2 Å². The number of rotatable bonds is 2. The highest BCUT2D eigenvalue weighted by atomic mass is 16.1. The Morgan fingerprint density at radius 2 is 2.08 bits per heavy atom. The average molecular weight is 179 g/mol. The van der Waals surface area contributed by atoms with Gasteiger partial charge in [0.15, 0.2) is 0 Å². The van der Waals surface area contributed by atoms with Crippen molar-refractivity contribution in [3.8, 4) is 0 Å². The van der Waals surface area contributed by atoms with Gasteiger partial charge in [0, 0.05) is 11.8 Å². The minimum Gasteiger partial charge on any atom is -0.326 e. The fraction of sp³-hybridized carbons (Fsp3) is 0.364. The van der Waals surface area contributed by atoms with Gasteiger partial charge >= 0.3 is 0 Å². The molecule has 0 atom stereocenters. The SMILES string of the molecule is C=Cc1ccc(=O)[nH]c1CC.CC. The zero-order valence-corrected chi connectivity index (χ0v) is 8.55. The lowest BCUT2D eigenvalue weighted by atomic mass is 10.1. The number of aromatic nitrogens is 1. The molecule has 1 heterocycles. The van der Waals surface area contributed by atoms with Gasteiger partial charge in [0.05, 0.1) is 0 Å². The molecule has 0 radical (unpaired) electrons. The van der Waals surface area contributed by atoms with Crippen LogP contribution in [0, 0.1) is 0 Å². The van der Waals surface area contributed by atoms with Crippen molar-refractivity contribution in [3.63, 3.8) is 0 Å². The fourth-order valence-electron chi connectivity index (χ4n) is 1.01. The summed E-state index contributed by atoms with van der Waals surface area (Å²) in [5, 5.41) is 0. The van der Waals surface area contributed by atoms with E-state index in [0.29, 0.717) is 0 Å². The lowest BCUT2D eigenvalue weighted by Gasteiger charge is -2.00. The van der Waals surface area contributed by atoms with Crippen LogP contribution in [0.4, 0.5) is 0 Å². The van der Waals surface area contributed by atoms with Gasteiger partial charge in [-0.15, -0.1) is 0 Å². The summed E-state index contributed by atoms with van der Waals surface area (Å²) >= 11 is 0. The molecule has 0 fully saturated rings. The smallest absolute Gasteiger partial charge is 0.248 e. The van der Waals surface area contributed by atoms with Crippen LogP contribution in [0.2, 0.25) is 0 Å². The molecule has 2 heteroatoms. The first-order chi connectivity index (χ1) is 6.27. The lowest BCUT2D eigenvalue weighted by Crippen LogP contribution is -2.07. The second-order valence-corrected chi connectivity index (χ2v) is 2.31. The Morgan fingerprint density at radius 3 is 2.54 bits per heavy atom. The number of aromatic amines is 1. The van der Waals surface area contributed by atoms with E-state index in [4.69, 9.17) is 0 Å². The van der Waals surface area contributed by atoms with Gasteiger partial charge in [-0.3, -0.25) is 4.79 Å². The number of nitrogens with one attached hydrogen (secondary N) is 1. The highest BCUT2D eigenvalue weighted by Gasteiger charge is 1.95. The highest BCUT2D eigenvalue weighted by Crippen LogP contribution is 2.04. The molecular weight excluding hydrogens is 162 g/mol. The highest BCUT2D eigenvalue weighted by molar-refractivity contribution is 5.49. The molecule has 0 aliphatic carbocycles. The van der Waals surface area contributed by atoms with E-state index in [1.54, 1.807) is 12.1 Å². The van der Waals surface area contributed by atoms with Crippen molar-refractivity contribution < 1.29 is 0 Å². The van der Waals surface area contributed by atoms with Crippen LogP contribution in [-0.2, 0) is 6.42 Å². The average Bonchev–Trinajstić information content (AvgIpc) is 2.20. The van der Waals surface area contributed by atoms with Crippen molar-refractivity contribution in [1.82, 2.24) is 4.98 Å². The maximum atomic E-state index is 10.8. The normalized spacial score (nSPS) is 8.54. The van der Waals surface area contributed by atoms with Crippen molar-refractivity contribution in [2.75, 3.05) is 0 Å². The van der Waals surface area contributed by atoms with E-state index in [0.717, 1.165) is 17.7 Å². The molecule has 72 valence electrons. The number of pyridine rings is 1. The summed E-state index contributed by atoms with van der Waals surface area (Å²) in [4.78, 5) is 13.6. The Bertz CT molecular complexity index is 312. The maximum absolute atomic E-state index is 10.8. The Balaban J connectivity index is 0.000000671. The molecule has 0 saturated heterocycles. The summed E-state index contributed by atoms with van der Waals surface area (Å²) in [6.07, 6.45) is 2.58. The number of H-pyrrole nitrogens is 1. The zero-order chi connectivity index (χ0) is 10.3. The van der Waals surface area contributed by atoms with Crippen molar-refractivity contribution in [3.05, 3.63) is 40.3 Å². The number of hydrogen-bond acceptors (Lipinski definition) is 1. The first-order valence-corrected chi connectivity index (χ1v) is 4.62. The number of aryl methyl sites for hydroxylation is 1. The second kappa shape index (κ2) is 6.23. The molecule has 0 amide bonds. The maximum Gasteiger partial charge on any atom is 0.248 e. The molecule has 0 aromatic carbocycles. The topological polar surface area (TPSA) is 32.9 Å². The summed E-state index contributed by atoms with van der Waals surface area (Å²) in [6, 6.07) is 3.29. The molecule has 1 N–H and O–H groups in total. The van der Waals surface area contributed by atoms with Crippen LogP contribution in [0.15, 0.2) is 23.5 Å². The van der Waals surface area contributed by atoms with Crippen LogP contribution in [-0.4, -0.2) is 4.98 Å². The van der Waals surface area contributed by atoms with Gasteiger partial charge in [0.2, 0.25) is 5.56 Å². The van der Waals surface area contributed by atoms with Gasteiger partial charge in [-0.1, -0.05) is 33.4 Å². The van der Waals surface area contributed by atoms with Gasteiger partial charge < -0.3 is 4.98 Å². The van der Waals surface area contributed by atoms with Gasteiger partial charge in [-0.25, -0.2) is 0 Å². The van der Waals surface area contributed by atoms with E-state index >= 15 is 0 Å². The van der Waals surface area contributed by atoms with Crippen LogP contribution >= 0.6 is 0 Å². The molecule has 13 heavy (non-hydrogen) atoms. The molecule has 0 unspecified atom stereocenters. The third-order valence-electron chi connectivity index (χ3n) is 1.61. The molecule has 1 aromatic rings. The molecule has 0 saturated carbocycles. The van der Waals surface area contributed by atoms with Gasteiger partial charge in [-0.05, 0) is 18.1 Å². The monoisotopic (exact) mass is 179 g/mol. The van der Waals surface area contributed by atoms with Crippen LogP contribution in [0.3, 0.4) is 0 Å². The van der Waals surface area contributed by atoms with Crippen LogP contribution in [0.5, 0.6) is 0 Å². The van der Waals surface area contributed by atoms with Crippen LogP contribution < -0.4 is 5.56 Å². The standard InChI is InChI=1S/C9H11NO.C2H6/c1-3-7-5-6-9(11)10-8(7)4-2;1-2/h3,5-6H,1,4H2,2H3,(H,10,11);1-2H3. The zero-order valence-electron chi connectivity index (χ0n) is 8.55. The summed E-state index contributed by atoms with van der Waals surface area (Å²) in [5.74, 6) is 0. The Kier molecular flexibility index (Phi) is 5.60. The second-order valence-electron chi connectivity index (χ2n) is 2.31. The van der Waals surface area contributed by atoms with E-state index in [1.165, 1.54) is 6.07 Å². The Labute approximate surface area is 79.3 Å². The Morgan fingerprint density at radius 1 is 1.46 bits per heavy atom. The first-order valence-electron chi connectivity index (χ1n) is 4.62. The molecule has 1 rings (SSSR count).